The number of carbonyl (C=O) groups is 2. The molecule has 2 aromatic heterocycles. The summed E-state index contributed by atoms with van der Waals surface area (Å²) in [4.78, 5) is 28.7. The maximum atomic E-state index is 11.8. The molecule has 3 rings (SSSR count). The van der Waals surface area contributed by atoms with Crippen LogP contribution in [0.15, 0.2) is 36.0 Å². The van der Waals surface area contributed by atoms with Gasteiger partial charge in [0.1, 0.15) is 0 Å². The van der Waals surface area contributed by atoms with Gasteiger partial charge >= 0.3 is 5.97 Å². The number of carbonyl (C=O) groups excluding carboxylic acids is 2. The molecule has 0 spiro atoms. The Balaban J connectivity index is 1.43. The zero-order valence-corrected chi connectivity index (χ0v) is 15.2. The number of ether oxygens (including phenoxy) is 1. The van der Waals surface area contributed by atoms with Crippen molar-refractivity contribution in [2.24, 2.45) is 0 Å². The first-order valence-corrected chi connectivity index (χ1v) is 8.92. The molecule has 1 N–H and O–H groups in total. The van der Waals surface area contributed by atoms with Crippen LogP contribution in [-0.2, 0) is 27.3 Å². The highest BCUT2D eigenvalue weighted by molar-refractivity contribution is 7.15. The highest BCUT2D eigenvalue weighted by Crippen LogP contribution is 2.20. The number of thiazole rings is 1. The standard InChI is InChI=1S/C16H13Cl2N3O3S/c17-11-2-1-10(13(18)5-11)7-19-14(22)9-24-15(23)6-12-8-21-3-4-25-16(21)20-12/h1-5,8H,6-7,9H2,(H,19,22). The number of imidazole rings is 1. The van der Waals surface area contributed by atoms with E-state index in [1.165, 1.54) is 11.3 Å². The summed E-state index contributed by atoms with van der Waals surface area (Å²) in [6, 6.07) is 5.01. The van der Waals surface area contributed by atoms with Crippen molar-refractivity contribution in [3.8, 4) is 0 Å². The van der Waals surface area contributed by atoms with Gasteiger partial charge in [0.15, 0.2) is 11.6 Å². The number of aromatic nitrogens is 2. The number of hydrogen-bond acceptors (Lipinski definition) is 5. The highest BCUT2D eigenvalue weighted by Gasteiger charge is 2.12. The molecular weight excluding hydrogens is 385 g/mol. The second-order valence-corrected chi connectivity index (χ2v) is 6.89. The zero-order valence-electron chi connectivity index (χ0n) is 12.9. The molecule has 0 unspecified atom stereocenters. The van der Waals surface area contributed by atoms with Crippen LogP contribution in [0.2, 0.25) is 10.0 Å². The second-order valence-electron chi connectivity index (χ2n) is 5.18. The van der Waals surface area contributed by atoms with E-state index in [9.17, 15) is 9.59 Å². The van der Waals surface area contributed by atoms with Gasteiger partial charge in [-0.3, -0.25) is 14.0 Å². The van der Waals surface area contributed by atoms with E-state index in [1.807, 2.05) is 16.0 Å². The Morgan fingerprint density at radius 2 is 2.16 bits per heavy atom. The molecule has 3 aromatic rings. The third kappa shape index (κ3) is 4.72. The molecule has 0 saturated carbocycles. The smallest absolute Gasteiger partial charge is 0.312 e. The Morgan fingerprint density at radius 1 is 1.32 bits per heavy atom. The molecule has 2 heterocycles. The largest absolute Gasteiger partial charge is 0.455 e. The van der Waals surface area contributed by atoms with Crippen LogP contribution in [0, 0.1) is 0 Å². The van der Waals surface area contributed by atoms with Crippen molar-refractivity contribution in [2.75, 3.05) is 6.61 Å². The van der Waals surface area contributed by atoms with Gasteiger partial charge in [-0.2, -0.15) is 0 Å². The number of rotatable bonds is 6. The molecule has 1 amide bonds. The lowest BCUT2D eigenvalue weighted by Crippen LogP contribution is -2.28. The summed E-state index contributed by atoms with van der Waals surface area (Å²) in [5.41, 5.74) is 1.33. The fourth-order valence-electron chi connectivity index (χ4n) is 2.12. The number of halogens is 2. The topological polar surface area (TPSA) is 72.7 Å². The van der Waals surface area contributed by atoms with E-state index in [0.29, 0.717) is 15.7 Å². The second kappa shape index (κ2) is 7.86. The predicted octanol–water partition coefficient (Wildman–Crippen LogP) is 3.10. The van der Waals surface area contributed by atoms with Crippen molar-refractivity contribution in [1.29, 1.82) is 0 Å². The zero-order chi connectivity index (χ0) is 17.8. The van der Waals surface area contributed by atoms with Gasteiger partial charge in [0, 0.05) is 34.4 Å². The molecule has 0 aliphatic carbocycles. The first-order valence-electron chi connectivity index (χ1n) is 7.28. The van der Waals surface area contributed by atoms with Crippen molar-refractivity contribution in [3.05, 3.63) is 57.3 Å². The van der Waals surface area contributed by atoms with Crippen molar-refractivity contribution in [1.82, 2.24) is 14.7 Å². The third-order valence-electron chi connectivity index (χ3n) is 3.32. The molecule has 6 nitrogen and oxygen atoms in total. The molecule has 0 atom stereocenters. The highest BCUT2D eigenvalue weighted by atomic mass is 35.5. The molecular formula is C16H13Cl2N3O3S. The minimum absolute atomic E-state index is 0.0185. The summed E-state index contributed by atoms with van der Waals surface area (Å²) in [6.07, 6.45) is 3.64. The van der Waals surface area contributed by atoms with Crippen molar-refractivity contribution < 1.29 is 14.3 Å². The number of fused-ring (bicyclic) bond motifs is 1. The van der Waals surface area contributed by atoms with Crippen LogP contribution in [-0.4, -0.2) is 27.9 Å². The number of esters is 1. The van der Waals surface area contributed by atoms with E-state index in [4.69, 9.17) is 27.9 Å². The molecule has 0 bridgehead atoms. The summed E-state index contributed by atoms with van der Waals surface area (Å²) in [5.74, 6) is -0.921. The van der Waals surface area contributed by atoms with Crippen LogP contribution in [0.5, 0.6) is 0 Å². The van der Waals surface area contributed by atoms with E-state index < -0.39 is 11.9 Å². The van der Waals surface area contributed by atoms with Crippen molar-refractivity contribution >= 4 is 51.4 Å². The summed E-state index contributed by atoms with van der Waals surface area (Å²) < 4.78 is 6.80. The maximum absolute atomic E-state index is 11.8. The molecule has 0 radical (unpaired) electrons. The molecule has 1 aromatic carbocycles. The van der Waals surface area contributed by atoms with E-state index in [-0.39, 0.29) is 19.6 Å². The number of nitrogens with zero attached hydrogens (tertiary/aromatic N) is 2. The van der Waals surface area contributed by atoms with E-state index in [2.05, 4.69) is 10.3 Å². The molecule has 0 fully saturated rings. The Bertz CT molecular complexity index is 894. The molecule has 0 aliphatic rings. The van der Waals surface area contributed by atoms with Crippen molar-refractivity contribution in [3.63, 3.8) is 0 Å². The lowest BCUT2D eigenvalue weighted by atomic mass is 10.2. The lowest BCUT2D eigenvalue weighted by molar-refractivity contribution is -0.147. The Morgan fingerprint density at radius 3 is 2.92 bits per heavy atom. The van der Waals surface area contributed by atoms with Crippen LogP contribution in [0.3, 0.4) is 0 Å². The average molecular weight is 398 g/mol. The van der Waals surface area contributed by atoms with E-state index >= 15 is 0 Å². The summed E-state index contributed by atoms with van der Waals surface area (Å²) in [7, 11) is 0. The van der Waals surface area contributed by atoms with Crippen molar-refractivity contribution in [2.45, 2.75) is 13.0 Å². The van der Waals surface area contributed by atoms with Gasteiger partial charge in [-0.15, -0.1) is 11.3 Å². The van der Waals surface area contributed by atoms with Gasteiger partial charge in [-0.25, -0.2) is 4.98 Å². The van der Waals surface area contributed by atoms with Gasteiger partial charge < -0.3 is 10.1 Å². The molecule has 0 saturated heterocycles. The monoisotopic (exact) mass is 397 g/mol. The minimum atomic E-state index is -0.509. The maximum Gasteiger partial charge on any atom is 0.312 e. The van der Waals surface area contributed by atoms with Crippen LogP contribution < -0.4 is 5.32 Å². The SMILES string of the molecule is O=C(COC(=O)Cc1cn2ccsc2n1)NCc1ccc(Cl)cc1Cl. The lowest BCUT2D eigenvalue weighted by Gasteiger charge is -2.08. The van der Waals surface area contributed by atoms with Gasteiger partial charge in [0.2, 0.25) is 0 Å². The van der Waals surface area contributed by atoms with Crippen LogP contribution in [0.25, 0.3) is 4.96 Å². The Hall–Kier alpha value is -2.09. The summed E-state index contributed by atoms with van der Waals surface area (Å²) in [6.45, 7) is -0.129. The van der Waals surface area contributed by atoms with Gasteiger partial charge in [-0.05, 0) is 17.7 Å². The van der Waals surface area contributed by atoms with Crippen LogP contribution >= 0.6 is 34.5 Å². The molecule has 25 heavy (non-hydrogen) atoms. The number of amides is 1. The van der Waals surface area contributed by atoms with Crippen LogP contribution in [0.4, 0.5) is 0 Å². The Labute approximate surface area is 157 Å². The molecule has 9 heteroatoms. The van der Waals surface area contributed by atoms with Gasteiger partial charge in [0.25, 0.3) is 5.91 Å². The van der Waals surface area contributed by atoms with Gasteiger partial charge in [-0.1, -0.05) is 29.3 Å². The fraction of sp³-hybridized carbons (Fsp3) is 0.188. The van der Waals surface area contributed by atoms with E-state index in [0.717, 1.165) is 10.5 Å². The Kier molecular flexibility index (Phi) is 5.57. The molecule has 0 aliphatic heterocycles. The number of nitrogens with one attached hydrogen (secondary N) is 1. The summed E-state index contributed by atoms with van der Waals surface area (Å²) >= 11 is 13.3. The summed E-state index contributed by atoms with van der Waals surface area (Å²) in [5, 5.41) is 5.52. The first kappa shape index (κ1) is 17.7. The minimum Gasteiger partial charge on any atom is -0.455 e. The number of benzene rings is 1. The quantitative estimate of drug-likeness (QED) is 0.648. The number of hydrogen-bond donors (Lipinski definition) is 1. The fourth-order valence-corrected chi connectivity index (χ4v) is 3.31. The predicted molar refractivity (Wildman–Crippen MR) is 96.0 cm³/mol. The normalized spacial score (nSPS) is 10.8. The third-order valence-corrected chi connectivity index (χ3v) is 4.68. The van der Waals surface area contributed by atoms with Gasteiger partial charge in [0.05, 0.1) is 12.1 Å². The average Bonchev–Trinajstić information content (AvgIpc) is 3.13. The molecule has 130 valence electrons. The van der Waals surface area contributed by atoms with E-state index in [1.54, 1.807) is 24.4 Å². The van der Waals surface area contributed by atoms with Crippen LogP contribution in [0.1, 0.15) is 11.3 Å². The first-order chi connectivity index (χ1) is 12.0.